The van der Waals surface area contributed by atoms with Gasteiger partial charge in [0.15, 0.2) is 0 Å². The number of rotatable bonds is 6. The van der Waals surface area contributed by atoms with Crippen LogP contribution in [0.3, 0.4) is 0 Å². The predicted molar refractivity (Wildman–Crippen MR) is 77.8 cm³/mol. The highest BCUT2D eigenvalue weighted by Crippen LogP contribution is 2.19. The number of benzene rings is 1. The molecule has 19 heavy (non-hydrogen) atoms. The van der Waals surface area contributed by atoms with Gasteiger partial charge in [-0.1, -0.05) is 37.3 Å². The third kappa shape index (κ3) is 4.04. The Bertz CT molecular complexity index is 528. The van der Waals surface area contributed by atoms with Gasteiger partial charge < -0.3 is 5.73 Å². The first-order valence-electron chi connectivity index (χ1n) is 6.10. The first-order chi connectivity index (χ1) is 8.75. The Kier molecular flexibility index (Phi) is 5.08. The van der Waals surface area contributed by atoms with E-state index in [1.165, 1.54) is 7.05 Å². The van der Waals surface area contributed by atoms with E-state index in [9.17, 15) is 8.42 Å². The fraction of sp³-hybridized carbons (Fsp3) is 0.462. The van der Waals surface area contributed by atoms with Crippen LogP contribution in [0.25, 0.3) is 0 Å². The maximum absolute atomic E-state index is 12.2. The number of hydrogen-bond donors (Lipinski definition) is 2. The molecule has 0 heterocycles. The molecule has 1 aromatic rings. The van der Waals surface area contributed by atoms with Gasteiger partial charge in [0.25, 0.3) is 0 Å². The number of hydrogen-bond acceptors (Lipinski definition) is 3. The van der Waals surface area contributed by atoms with Crippen LogP contribution in [-0.2, 0) is 10.0 Å². The average Bonchev–Trinajstić information content (AvgIpc) is 2.37. The molecule has 0 spiro atoms. The summed E-state index contributed by atoms with van der Waals surface area (Å²) in [5.41, 5.74) is 6.33. The van der Waals surface area contributed by atoms with Gasteiger partial charge in [-0.2, -0.15) is 4.31 Å². The Morgan fingerprint density at radius 1 is 1.32 bits per heavy atom. The summed E-state index contributed by atoms with van der Waals surface area (Å²) >= 11 is 0. The van der Waals surface area contributed by atoms with E-state index in [0.29, 0.717) is 0 Å². The molecule has 6 heteroatoms. The van der Waals surface area contributed by atoms with Gasteiger partial charge in [0.2, 0.25) is 10.0 Å². The molecule has 0 bridgehead atoms. The van der Waals surface area contributed by atoms with Gasteiger partial charge in [0.05, 0.1) is 11.8 Å². The van der Waals surface area contributed by atoms with Crippen molar-refractivity contribution in [2.45, 2.75) is 25.8 Å². The van der Waals surface area contributed by atoms with E-state index in [1.807, 2.05) is 37.3 Å². The molecule has 0 aliphatic heterocycles. The van der Waals surface area contributed by atoms with Crippen LogP contribution in [0.4, 0.5) is 0 Å². The van der Waals surface area contributed by atoms with Gasteiger partial charge in [-0.3, -0.25) is 5.41 Å². The minimum Gasteiger partial charge on any atom is -0.386 e. The van der Waals surface area contributed by atoms with Crippen molar-refractivity contribution in [2.75, 3.05) is 12.8 Å². The van der Waals surface area contributed by atoms with Crippen molar-refractivity contribution < 1.29 is 8.42 Å². The third-order valence-electron chi connectivity index (χ3n) is 3.26. The van der Waals surface area contributed by atoms with Crippen LogP contribution in [-0.4, -0.2) is 37.4 Å². The zero-order valence-electron chi connectivity index (χ0n) is 11.5. The lowest BCUT2D eigenvalue weighted by Gasteiger charge is -2.25. The van der Waals surface area contributed by atoms with Gasteiger partial charge in [-0.15, -0.1) is 0 Å². The molecule has 1 aromatic carbocycles. The molecule has 0 saturated carbocycles. The molecule has 0 radical (unpaired) electrons. The molecule has 106 valence electrons. The van der Waals surface area contributed by atoms with Crippen LogP contribution in [0.15, 0.2) is 30.3 Å². The van der Waals surface area contributed by atoms with Gasteiger partial charge in [0.1, 0.15) is 5.84 Å². The lowest BCUT2D eigenvalue weighted by Crippen LogP contribution is -2.44. The van der Waals surface area contributed by atoms with Crippen molar-refractivity contribution in [1.82, 2.24) is 4.31 Å². The molecule has 0 saturated heterocycles. The summed E-state index contributed by atoms with van der Waals surface area (Å²) in [4.78, 5) is 0. The molecule has 5 nitrogen and oxygen atoms in total. The fourth-order valence-electron chi connectivity index (χ4n) is 1.75. The molecule has 2 unspecified atom stereocenters. The Balaban J connectivity index is 2.83. The van der Waals surface area contributed by atoms with Gasteiger partial charge in [-0.25, -0.2) is 8.42 Å². The van der Waals surface area contributed by atoms with Gasteiger partial charge in [0, 0.05) is 7.05 Å². The first kappa shape index (κ1) is 15.7. The van der Waals surface area contributed by atoms with E-state index in [0.717, 1.165) is 9.87 Å². The number of nitrogens with two attached hydrogens (primary N) is 1. The summed E-state index contributed by atoms with van der Waals surface area (Å²) in [5, 5.41) is 7.33. The predicted octanol–water partition coefficient (Wildman–Crippen LogP) is 1.38. The summed E-state index contributed by atoms with van der Waals surface area (Å²) in [6.07, 6.45) is 0. The molecule has 0 fully saturated rings. The number of sulfonamides is 1. The molecule has 0 aromatic heterocycles. The summed E-state index contributed by atoms with van der Waals surface area (Å²) in [6, 6.07) is 8.88. The highest BCUT2D eigenvalue weighted by atomic mass is 32.2. The Morgan fingerprint density at radius 2 is 1.84 bits per heavy atom. The van der Waals surface area contributed by atoms with Gasteiger partial charge in [-0.05, 0) is 18.4 Å². The molecule has 2 atom stereocenters. The summed E-state index contributed by atoms with van der Waals surface area (Å²) in [6.45, 7) is 3.48. The van der Waals surface area contributed by atoms with Crippen molar-refractivity contribution in [3.8, 4) is 0 Å². The van der Waals surface area contributed by atoms with Crippen LogP contribution in [0.1, 0.15) is 25.3 Å². The van der Waals surface area contributed by atoms with E-state index in [-0.39, 0.29) is 17.5 Å². The number of likely N-dealkylation sites (N-methyl/N-ethyl adjacent to an activating group) is 1. The van der Waals surface area contributed by atoms with Crippen molar-refractivity contribution >= 4 is 15.9 Å². The molecule has 0 aliphatic carbocycles. The SMILES string of the molecule is CC(CS(=O)(=O)N(C)C(C)C(=N)N)c1ccccc1. The highest BCUT2D eigenvalue weighted by molar-refractivity contribution is 7.89. The van der Waals surface area contributed by atoms with E-state index in [1.54, 1.807) is 6.92 Å². The van der Waals surface area contributed by atoms with Crippen LogP contribution in [0.2, 0.25) is 0 Å². The zero-order valence-corrected chi connectivity index (χ0v) is 12.3. The summed E-state index contributed by atoms with van der Waals surface area (Å²) < 4.78 is 25.6. The van der Waals surface area contributed by atoms with Gasteiger partial charge >= 0.3 is 0 Å². The molecule has 0 aliphatic rings. The summed E-state index contributed by atoms with van der Waals surface area (Å²) in [7, 11) is -1.98. The second kappa shape index (κ2) is 6.16. The minimum atomic E-state index is -3.44. The first-order valence-corrected chi connectivity index (χ1v) is 7.71. The number of amidine groups is 1. The lowest BCUT2D eigenvalue weighted by molar-refractivity contribution is 0.445. The third-order valence-corrected chi connectivity index (χ3v) is 5.38. The monoisotopic (exact) mass is 283 g/mol. The van der Waals surface area contributed by atoms with Crippen molar-refractivity contribution in [1.29, 1.82) is 5.41 Å². The average molecular weight is 283 g/mol. The standard InChI is InChI=1S/C13H21N3O2S/c1-10(12-7-5-4-6-8-12)9-19(17,18)16(3)11(2)13(14)15/h4-8,10-11H,9H2,1-3H3,(H3,14,15). The molecule has 1 rings (SSSR count). The normalized spacial score (nSPS) is 15.2. The van der Waals surface area contributed by atoms with Crippen molar-refractivity contribution in [3.63, 3.8) is 0 Å². The Morgan fingerprint density at radius 3 is 2.32 bits per heavy atom. The number of nitrogens with one attached hydrogen (secondary N) is 1. The van der Waals surface area contributed by atoms with Crippen LogP contribution in [0, 0.1) is 5.41 Å². The van der Waals surface area contributed by atoms with E-state index in [4.69, 9.17) is 11.1 Å². The second-order valence-electron chi connectivity index (χ2n) is 4.74. The molecular formula is C13H21N3O2S. The number of nitrogens with zero attached hydrogens (tertiary/aromatic N) is 1. The van der Waals surface area contributed by atoms with Crippen molar-refractivity contribution in [2.24, 2.45) is 5.73 Å². The Hall–Kier alpha value is -1.40. The summed E-state index contributed by atoms with van der Waals surface area (Å²) in [5.74, 6) is -0.253. The second-order valence-corrected chi connectivity index (χ2v) is 6.81. The maximum Gasteiger partial charge on any atom is 0.215 e. The lowest BCUT2D eigenvalue weighted by atomic mass is 10.0. The van der Waals surface area contributed by atoms with Crippen LogP contribution < -0.4 is 5.73 Å². The minimum absolute atomic E-state index is 0.00509. The van der Waals surface area contributed by atoms with Crippen LogP contribution in [0.5, 0.6) is 0 Å². The van der Waals surface area contributed by atoms with E-state index >= 15 is 0 Å². The largest absolute Gasteiger partial charge is 0.386 e. The van der Waals surface area contributed by atoms with E-state index in [2.05, 4.69) is 0 Å². The zero-order chi connectivity index (χ0) is 14.6. The smallest absolute Gasteiger partial charge is 0.215 e. The maximum atomic E-state index is 12.2. The molecule has 3 N–H and O–H groups in total. The van der Waals surface area contributed by atoms with Crippen LogP contribution >= 0.6 is 0 Å². The highest BCUT2D eigenvalue weighted by Gasteiger charge is 2.27. The quantitative estimate of drug-likeness (QED) is 0.610. The van der Waals surface area contributed by atoms with E-state index < -0.39 is 16.1 Å². The molecule has 0 amide bonds. The topological polar surface area (TPSA) is 87.2 Å². The molecular weight excluding hydrogens is 262 g/mol. The Labute approximate surface area is 115 Å². The van der Waals surface area contributed by atoms with Crippen molar-refractivity contribution in [3.05, 3.63) is 35.9 Å². The fourth-order valence-corrected chi connectivity index (χ4v) is 3.40.